The average Bonchev–Trinajstić information content (AvgIpc) is 2.67. The van der Waals surface area contributed by atoms with Crippen LogP contribution in [0.1, 0.15) is 6.23 Å². The number of hydrogen-bond acceptors (Lipinski definition) is 6. The predicted molar refractivity (Wildman–Crippen MR) is 68.2 cm³/mol. The summed E-state index contributed by atoms with van der Waals surface area (Å²) >= 11 is 0. The van der Waals surface area contributed by atoms with Gasteiger partial charge >= 0.3 is 5.69 Å². The van der Waals surface area contributed by atoms with E-state index < -0.39 is 29.7 Å². The fourth-order valence-electron chi connectivity index (χ4n) is 1.91. The Morgan fingerprint density at radius 3 is 2.90 bits per heavy atom. The maximum atomic E-state index is 11.8. The van der Waals surface area contributed by atoms with Crippen LogP contribution in [0.5, 0.6) is 0 Å². The Morgan fingerprint density at radius 2 is 2.25 bits per heavy atom. The van der Waals surface area contributed by atoms with Gasteiger partial charge in [-0.1, -0.05) is 6.58 Å². The zero-order chi connectivity index (χ0) is 14.7. The minimum atomic E-state index is -1.06. The van der Waals surface area contributed by atoms with Gasteiger partial charge in [-0.15, -0.1) is 0 Å². The van der Waals surface area contributed by atoms with Crippen LogP contribution >= 0.6 is 0 Å². The second-order valence-corrected chi connectivity index (χ2v) is 4.27. The van der Waals surface area contributed by atoms with Crippen LogP contribution in [0.2, 0.25) is 0 Å². The molecule has 1 fully saturated rings. The van der Waals surface area contributed by atoms with Crippen molar-refractivity contribution in [1.82, 2.24) is 9.55 Å². The molecule has 0 radical (unpaired) electrons. The fraction of sp³-hybridized carbons (Fsp3) is 0.500. The van der Waals surface area contributed by atoms with Crippen LogP contribution in [0.15, 0.2) is 34.2 Å². The van der Waals surface area contributed by atoms with Gasteiger partial charge in [0.2, 0.25) is 6.23 Å². The lowest BCUT2D eigenvalue weighted by Crippen LogP contribution is -2.38. The van der Waals surface area contributed by atoms with Crippen LogP contribution in [-0.2, 0) is 14.2 Å². The molecule has 20 heavy (non-hydrogen) atoms. The third-order valence-electron chi connectivity index (χ3n) is 2.92. The predicted octanol–water partition coefficient (Wildman–Crippen LogP) is -1.03. The van der Waals surface area contributed by atoms with Gasteiger partial charge in [-0.25, -0.2) is 4.79 Å². The van der Waals surface area contributed by atoms with Crippen molar-refractivity contribution in [2.75, 3.05) is 20.3 Å². The van der Waals surface area contributed by atoms with Gasteiger partial charge in [0.25, 0.3) is 5.56 Å². The number of ether oxygens (including phenoxy) is 3. The van der Waals surface area contributed by atoms with E-state index in [1.54, 1.807) is 0 Å². The molecule has 0 bridgehead atoms. The molecule has 0 spiro atoms. The lowest BCUT2D eigenvalue weighted by atomic mass is 10.2. The highest BCUT2D eigenvalue weighted by atomic mass is 16.6. The van der Waals surface area contributed by atoms with Gasteiger partial charge in [0.05, 0.1) is 13.2 Å². The van der Waals surface area contributed by atoms with Crippen molar-refractivity contribution >= 4 is 0 Å². The second-order valence-electron chi connectivity index (χ2n) is 4.27. The van der Waals surface area contributed by atoms with Crippen molar-refractivity contribution < 1.29 is 19.3 Å². The van der Waals surface area contributed by atoms with Gasteiger partial charge in [0, 0.05) is 19.4 Å². The van der Waals surface area contributed by atoms with Gasteiger partial charge in [0.1, 0.15) is 18.0 Å². The molecule has 110 valence electrons. The van der Waals surface area contributed by atoms with Crippen molar-refractivity contribution in [3.05, 3.63) is 45.4 Å². The van der Waals surface area contributed by atoms with Crippen LogP contribution in [0.4, 0.5) is 0 Å². The maximum absolute atomic E-state index is 11.8. The molecule has 1 aliphatic heterocycles. The minimum absolute atomic E-state index is 0.107. The van der Waals surface area contributed by atoms with E-state index in [0.29, 0.717) is 6.61 Å². The van der Waals surface area contributed by atoms with E-state index in [4.69, 9.17) is 14.2 Å². The summed E-state index contributed by atoms with van der Waals surface area (Å²) in [5.41, 5.74) is -1.16. The highest BCUT2D eigenvalue weighted by molar-refractivity contribution is 5.06. The van der Waals surface area contributed by atoms with E-state index in [0.717, 1.165) is 4.57 Å². The highest BCUT2D eigenvalue weighted by Crippen LogP contribution is 2.32. The van der Waals surface area contributed by atoms with Crippen LogP contribution in [0, 0.1) is 0 Å². The number of aliphatic hydroxyl groups is 1. The molecule has 1 aromatic rings. The Bertz CT molecular complexity index is 592. The quantitative estimate of drug-likeness (QED) is 0.670. The smallest absolute Gasteiger partial charge is 0.331 e. The molecule has 0 aliphatic carbocycles. The molecular weight excluding hydrogens is 268 g/mol. The number of rotatable bonds is 5. The summed E-state index contributed by atoms with van der Waals surface area (Å²) in [5.74, 6) is 0.107. The third-order valence-corrected chi connectivity index (χ3v) is 2.92. The van der Waals surface area contributed by atoms with Gasteiger partial charge in [-0.2, -0.15) is 0 Å². The van der Waals surface area contributed by atoms with Gasteiger partial charge < -0.3 is 19.3 Å². The monoisotopic (exact) mass is 284 g/mol. The van der Waals surface area contributed by atoms with Crippen molar-refractivity contribution in [2.24, 2.45) is 0 Å². The van der Waals surface area contributed by atoms with Crippen molar-refractivity contribution in [2.45, 2.75) is 18.4 Å². The summed E-state index contributed by atoms with van der Waals surface area (Å²) in [6.45, 7) is 4.13. The molecular formula is C12H16N2O6. The molecule has 1 saturated heterocycles. The topological polar surface area (TPSA) is 103 Å². The number of aromatic amines is 1. The number of methoxy groups -OCH3 is 1. The van der Waals surface area contributed by atoms with Crippen molar-refractivity contribution in [3.63, 3.8) is 0 Å². The molecule has 0 saturated carbocycles. The summed E-state index contributed by atoms with van der Waals surface area (Å²) in [7, 11) is 1.52. The van der Waals surface area contributed by atoms with Crippen LogP contribution < -0.4 is 11.2 Å². The van der Waals surface area contributed by atoms with E-state index in [1.807, 2.05) is 0 Å². The molecule has 2 heterocycles. The first-order valence-electron chi connectivity index (χ1n) is 6.00. The average molecular weight is 284 g/mol. The Balaban J connectivity index is 2.25. The number of H-pyrrole nitrogens is 1. The highest BCUT2D eigenvalue weighted by Gasteiger charge is 2.42. The second kappa shape index (κ2) is 6.04. The van der Waals surface area contributed by atoms with Gasteiger partial charge in [-0.3, -0.25) is 14.3 Å². The first-order chi connectivity index (χ1) is 9.54. The fourth-order valence-corrected chi connectivity index (χ4v) is 1.91. The van der Waals surface area contributed by atoms with E-state index in [1.165, 1.54) is 19.4 Å². The first-order valence-corrected chi connectivity index (χ1v) is 6.00. The zero-order valence-electron chi connectivity index (χ0n) is 10.9. The Kier molecular flexibility index (Phi) is 4.38. The lowest BCUT2D eigenvalue weighted by Gasteiger charge is -2.21. The number of hydrogen-bond donors (Lipinski definition) is 2. The Hall–Kier alpha value is -1.90. The number of aliphatic hydroxyl groups excluding tert-OH is 1. The van der Waals surface area contributed by atoms with E-state index in [-0.39, 0.29) is 12.4 Å². The molecule has 1 aliphatic rings. The van der Waals surface area contributed by atoms with Crippen LogP contribution in [0.3, 0.4) is 0 Å². The molecule has 8 nitrogen and oxygen atoms in total. The molecule has 2 rings (SSSR count). The van der Waals surface area contributed by atoms with E-state index in [2.05, 4.69) is 11.6 Å². The SMILES string of the molecule is C=C1O[C@@H](n2ccc(=O)[nH]c2=O)[C@@H](OCCOC)C1O. The number of aromatic nitrogens is 2. The normalized spacial score (nSPS) is 25.7. The zero-order valence-corrected chi connectivity index (χ0v) is 10.9. The summed E-state index contributed by atoms with van der Waals surface area (Å²) in [5, 5.41) is 9.96. The molecule has 1 unspecified atom stereocenters. The van der Waals surface area contributed by atoms with Crippen molar-refractivity contribution in [1.29, 1.82) is 0 Å². The lowest BCUT2D eigenvalue weighted by molar-refractivity contribution is -0.0761. The standard InChI is InChI=1S/C12H16N2O6/c1-7-9(16)10(19-6-5-18-2)11(20-7)14-4-3-8(15)13-12(14)17/h3-4,9-11,16H,1,5-6H2,2H3,(H,13,15,17)/t9?,10-,11+/m0/s1. The molecule has 0 amide bonds. The third kappa shape index (κ3) is 2.82. The Labute approximate surface area is 114 Å². The summed E-state index contributed by atoms with van der Waals surface area (Å²) in [6.07, 6.45) is -1.47. The summed E-state index contributed by atoms with van der Waals surface area (Å²) in [6, 6.07) is 1.18. The largest absolute Gasteiger partial charge is 0.469 e. The van der Waals surface area contributed by atoms with E-state index in [9.17, 15) is 14.7 Å². The summed E-state index contributed by atoms with van der Waals surface area (Å²) < 4.78 is 16.8. The van der Waals surface area contributed by atoms with Crippen molar-refractivity contribution in [3.8, 4) is 0 Å². The number of nitrogens with zero attached hydrogens (tertiary/aromatic N) is 1. The number of nitrogens with one attached hydrogen (secondary N) is 1. The van der Waals surface area contributed by atoms with Crippen LogP contribution in [-0.4, -0.2) is 47.2 Å². The molecule has 1 aromatic heterocycles. The minimum Gasteiger partial charge on any atom is -0.469 e. The van der Waals surface area contributed by atoms with E-state index >= 15 is 0 Å². The molecule has 3 atom stereocenters. The molecule has 8 heteroatoms. The molecule has 2 N–H and O–H groups in total. The maximum Gasteiger partial charge on any atom is 0.331 e. The molecule has 0 aromatic carbocycles. The first kappa shape index (κ1) is 14.5. The van der Waals surface area contributed by atoms with Gasteiger partial charge in [-0.05, 0) is 0 Å². The van der Waals surface area contributed by atoms with Crippen LogP contribution in [0.25, 0.3) is 0 Å². The summed E-state index contributed by atoms with van der Waals surface area (Å²) in [4.78, 5) is 24.9. The Morgan fingerprint density at radius 1 is 1.50 bits per heavy atom. The van der Waals surface area contributed by atoms with Gasteiger partial charge in [0.15, 0.2) is 0 Å².